The Morgan fingerprint density at radius 1 is 0.388 bits per heavy atom. The molecule has 3 aromatic heterocycles. The summed E-state index contributed by atoms with van der Waals surface area (Å²) < 4.78 is 2.41. The molecule has 0 atom stereocenters. The predicted octanol–water partition coefficient (Wildman–Crippen LogP) is 15.2. The lowest BCUT2D eigenvalue weighted by atomic mass is 9.82. The van der Waals surface area contributed by atoms with Crippen molar-refractivity contribution in [2.75, 3.05) is 4.90 Å². The van der Waals surface area contributed by atoms with Crippen LogP contribution in [-0.4, -0.2) is 29.5 Å². The van der Waals surface area contributed by atoms with Gasteiger partial charge in [-0.15, -0.1) is 0 Å². The van der Waals surface area contributed by atoms with Crippen LogP contribution in [0.3, 0.4) is 0 Å². The second kappa shape index (κ2) is 17.1. The lowest BCUT2D eigenvalue weighted by molar-refractivity contribution is 0.661. The quantitative estimate of drug-likeness (QED) is 0.151. The van der Waals surface area contributed by atoms with Crippen LogP contribution in [0.25, 0.3) is 84.2 Å². The molecule has 322 valence electrons. The number of nitrogens with zero attached hydrogens (tertiary/aromatic N) is 7. The van der Waals surface area contributed by atoms with Gasteiger partial charge in [0.2, 0.25) is 5.82 Å². The number of aromatic nitrogens is 6. The molecule has 0 unspecified atom stereocenters. The molecule has 1 aliphatic rings. The molecule has 7 heteroatoms. The Bertz CT molecular complexity index is 3490. The van der Waals surface area contributed by atoms with Crippen molar-refractivity contribution in [2.45, 2.75) is 33.1 Å². The molecule has 11 aromatic rings. The summed E-state index contributed by atoms with van der Waals surface area (Å²) in [6.45, 7) is 8.69. The first-order valence-corrected chi connectivity index (χ1v) is 22.9. The Kier molecular flexibility index (Phi) is 10.5. The van der Waals surface area contributed by atoms with Gasteiger partial charge in [0.15, 0.2) is 17.5 Å². The Morgan fingerprint density at radius 2 is 0.955 bits per heavy atom. The molecule has 0 N–H and O–H groups in total. The van der Waals surface area contributed by atoms with E-state index in [9.17, 15) is 0 Å². The SMILES string of the molecule is CC.CC1(C)c2ccccc2-c2cc3c4ccccc4n(-c4ccc(N(c5cnc(-c6nc(-c7ccccc7)nc(-c7ccccc7)n6)nc5)c5cccc(-c6ccccc6)c5)cc4)c3cc21. The summed E-state index contributed by atoms with van der Waals surface area (Å²) in [5, 5.41) is 2.48. The fourth-order valence-electron chi connectivity index (χ4n) is 9.56. The largest absolute Gasteiger partial charge is 0.309 e. The summed E-state index contributed by atoms with van der Waals surface area (Å²) in [5.74, 6) is 1.92. The zero-order valence-corrected chi connectivity index (χ0v) is 37.8. The minimum atomic E-state index is -0.116. The molecule has 0 saturated carbocycles. The van der Waals surface area contributed by atoms with E-state index in [2.05, 4.69) is 157 Å². The molecule has 0 amide bonds. The Balaban J connectivity index is 0.00000244. The van der Waals surface area contributed by atoms with Gasteiger partial charge in [0.05, 0.1) is 29.1 Å². The van der Waals surface area contributed by atoms with Crippen LogP contribution >= 0.6 is 0 Å². The fraction of sp³-hybridized carbons (Fsp3) is 0.0833. The molecular weight excluding hydrogens is 819 g/mol. The minimum Gasteiger partial charge on any atom is -0.309 e. The highest BCUT2D eigenvalue weighted by Gasteiger charge is 2.36. The Hall–Kier alpha value is -8.55. The first kappa shape index (κ1) is 41.2. The number of para-hydroxylation sites is 1. The van der Waals surface area contributed by atoms with Gasteiger partial charge in [-0.2, -0.15) is 0 Å². The van der Waals surface area contributed by atoms with Gasteiger partial charge in [0.25, 0.3) is 0 Å². The molecule has 1 aliphatic carbocycles. The molecule has 0 radical (unpaired) electrons. The van der Waals surface area contributed by atoms with Crippen LogP contribution in [0.2, 0.25) is 0 Å². The van der Waals surface area contributed by atoms with Crippen LogP contribution < -0.4 is 4.90 Å². The molecule has 67 heavy (non-hydrogen) atoms. The molecule has 3 heterocycles. The van der Waals surface area contributed by atoms with Crippen molar-refractivity contribution < 1.29 is 0 Å². The molecule has 0 aliphatic heterocycles. The Morgan fingerprint density at radius 3 is 1.63 bits per heavy atom. The van der Waals surface area contributed by atoms with E-state index >= 15 is 0 Å². The second-order valence-corrected chi connectivity index (χ2v) is 17.0. The minimum absolute atomic E-state index is 0.116. The first-order valence-electron chi connectivity index (χ1n) is 22.9. The van der Waals surface area contributed by atoms with E-state index in [1.54, 1.807) is 0 Å². The molecule has 0 fully saturated rings. The van der Waals surface area contributed by atoms with Crippen molar-refractivity contribution in [2.24, 2.45) is 0 Å². The summed E-state index contributed by atoms with van der Waals surface area (Å²) in [6, 6.07) is 70.2. The molecular formula is C60H47N7. The first-order chi connectivity index (χ1) is 33.0. The van der Waals surface area contributed by atoms with Gasteiger partial charge in [0.1, 0.15) is 0 Å². The van der Waals surface area contributed by atoms with Crippen LogP contribution in [0, 0.1) is 0 Å². The van der Waals surface area contributed by atoms with Crippen molar-refractivity contribution in [3.8, 4) is 62.4 Å². The number of anilines is 3. The highest BCUT2D eigenvalue weighted by molar-refractivity contribution is 6.11. The highest BCUT2D eigenvalue weighted by atomic mass is 15.2. The maximum Gasteiger partial charge on any atom is 0.201 e. The van der Waals surface area contributed by atoms with Gasteiger partial charge in [0, 0.05) is 44.4 Å². The number of fused-ring (bicyclic) bond motifs is 6. The van der Waals surface area contributed by atoms with Gasteiger partial charge in [-0.05, 0) is 88.0 Å². The average Bonchev–Trinajstić information content (AvgIpc) is 3.84. The lowest BCUT2D eigenvalue weighted by Crippen LogP contribution is -2.15. The number of hydrogen-bond acceptors (Lipinski definition) is 6. The number of rotatable bonds is 8. The predicted molar refractivity (Wildman–Crippen MR) is 275 cm³/mol. The monoisotopic (exact) mass is 865 g/mol. The maximum absolute atomic E-state index is 4.94. The third-order valence-electron chi connectivity index (χ3n) is 12.7. The van der Waals surface area contributed by atoms with E-state index in [1.165, 1.54) is 44.1 Å². The number of hydrogen-bond donors (Lipinski definition) is 0. The van der Waals surface area contributed by atoms with Crippen LogP contribution in [0.1, 0.15) is 38.8 Å². The van der Waals surface area contributed by atoms with Crippen molar-refractivity contribution >= 4 is 38.9 Å². The lowest BCUT2D eigenvalue weighted by Gasteiger charge is -2.26. The third-order valence-corrected chi connectivity index (χ3v) is 12.7. The van der Waals surface area contributed by atoms with Crippen molar-refractivity contribution in [3.63, 3.8) is 0 Å². The normalized spacial score (nSPS) is 12.3. The zero-order chi connectivity index (χ0) is 45.5. The van der Waals surface area contributed by atoms with Crippen LogP contribution in [-0.2, 0) is 5.41 Å². The fourth-order valence-corrected chi connectivity index (χ4v) is 9.56. The van der Waals surface area contributed by atoms with E-state index in [4.69, 9.17) is 24.9 Å². The molecule has 0 saturated heterocycles. The summed E-state index contributed by atoms with van der Waals surface area (Å²) >= 11 is 0. The summed E-state index contributed by atoms with van der Waals surface area (Å²) in [4.78, 5) is 26.7. The van der Waals surface area contributed by atoms with E-state index in [-0.39, 0.29) is 5.41 Å². The molecule has 8 aromatic carbocycles. The Labute approximate surface area is 390 Å². The van der Waals surface area contributed by atoms with Gasteiger partial charge in [-0.1, -0.05) is 173 Å². The summed E-state index contributed by atoms with van der Waals surface area (Å²) in [6.07, 6.45) is 3.71. The smallest absolute Gasteiger partial charge is 0.201 e. The van der Waals surface area contributed by atoms with E-state index in [0.29, 0.717) is 23.3 Å². The summed E-state index contributed by atoms with van der Waals surface area (Å²) in [5.41, 5.74) is 15.5. The molecule has 0 spiro atoms. The van der Waals surface area contributed by atoms with Crippen molar-refractivity contribution in [1.29, 1.82) is 0 Å². The van der Waals surface area contributed by atoms with Gasteiger partial charge < -0.3 is 9.47 Å². The van der Waals surface area contributed by atoms with Gasteiger partial charge in [-0.3, -0.25) is 0 Å². The van der Waals surface area contributed by atoms with Gasteiger partial charge >= 0.3 is 0 Å². The topological polar surface area (TPSA) is 72.6 Å². The van der Waals surface area contributed by atoms with Crippen LogP contribution in [0.4, 0.5) is 17.1 Å². The maximum atomic E-state index is 4.94. The standard InChI is InChI=1S/C58H41N7.C2H6/c1-58(2)50-27-14-12-25-46(50)48-34-49-47-26-13-15-28-52(47)65(53(49)35-51(48)58)43-31-29-42(30-32-43)64(44-24-16-23-41(33-44)38-17-6-3-7-18-38)45-36-59-56(60-37-45)57-62-54(39-19-8-4-9-20-39)61-55(63-57)40-21-10-5-11-22-40;1-2/h3-37H,1-2H3;1-2H3. The van der Waals surface area contributed by atoms with Crippen molar-refractivity contribution in [3.05, 3.63) is 224 Å². The van der Waals surface area contributed by atoms with Crippen molar-refractivity contribution in [1.82, 2.24) is 29.5 Å². The summed E-state index contributed by atoms with van der Waals surface area (Å²) in [7, 11) is 0. The second-order valence-electron chi connectivity index (χ2n) is 17.0. The highest BCUT2D eigenvalue weighted by Crippen LogP contribution is 2.51. The van der Waals surface area contributed by atoms with E-state index in [1.807, 2.05) is 93.0 Å². The number of benzene rings is 8. The molecule has 0 bridgehead atoms. The molecule has 12 rings (SSSR count). The van der Waals surface area contributed by atoms with Gasteiger partial charge in [-0.25, -0.2) is 24.9 Å². The van der Waals surface area contributed by atoms with E-state index in [0.717, 1.165) is 45.0 Å². The zero-order valence-electron chi connectivity index (χ0n) is 37.8. The molecule has 7 nitrogen and oxygen atoms in total. The van der Waals surface area contributed by atoms with E-state index < -0.39 is 0 Å². The third kappa shape index (κ3) is 7.31. The van der Waals surface area contributed by atoms with Crippen LogP contribution in [0.5, 0.6) is 0 Å². The average molecular weight is 866 g/mol. The van der Waals surface area contributed by atoms with Crippen LogP contribution in [0.15, 0.2) is 213 Å².